The minimum atomic E-state index is 0.311. The lowest BCUT2D eigenvalue weighted by atomic mass is 10.1. The number of hydrogen-bond acceptors (Lipinski definition) is 4. The molecule has 1 N–H and O–H groups in total. The normalized spacial score (nSPS) is 21.2. The summed E-state index contributed by atoms with van der Waals surface area (Å²) in [6.07, 6.45) is 8.02. The molecule has 0 bridgehead atoms. The molecule has 0 radical (unpaired) electrons. The number of nitrogens with one attached hydrogen (secondary N) is 1. The second kappa shape index (κ2) is 9.76. The van der Waals surface area contributed by atoms with Crippen LogP contribution in [-0.2, 0) is 11.3 Å². The van der Waals surface area contributed by atoms with Gasteiger partial charge in [0.15, 0.2) is 5.96 Å². The Morgan fingerprint density at radius 1 is 1.38 bits per heavy atom. The van der Waals surface area contributed by atoms with Crippen LogP contribution in [0, 0.1) is 5.92 Å². The number of pyridine rings is 1. The number of hydrogen-bond donors (Lipinski definition) is 1. The van der Waals surface area contributed by atoms with E-state index in [1.54, 1.807) is 6.20 Å². The van der Waals surface area contributed by atoms with E-state index < -0.39 is 0 Å². The molecule has 1 saturated carbocycles. The molecule has 1 aromatic heterocycles. The zero-order valence-electron chi connectivity index (χ0n) is 16.1. The van der Waals surface area contributed by atoms with Crippen LogP contribution < -0.4 is 10.1 Å². The quantitative estimate of drug-likeness (QED) is 0.598. The zero-order valence-corrected chi connectivity index (χ0v) is 16.1. The second-order valence-electron chi connectivity index (χ2n) is 7.27. The van der Waals surface area contributed by atoms with Gasteiger partial charge in [-0.15, -0.1) is 0 Å². The molecule has 0 aromatic carbocycles. The topological polar surface area (TPSA) is 59.0 Å². The summed E-state index contributed by atoms with van der Waals surface area (Å²) in [5.41, 5.74) is 1.05. The predicted octanol–water partition coefficient (Wildman–Crippen LogP) is 2.84. The number of rotatable bonds is 7. The molecular formula is C20H32N4O2. The first-order valence-electron chi connectivity index (χ1n) is 9.94. The van der Waals surface area contributed by atoms with Crippen molar-refractivity contribution < 1.29 is 9.47 Å². The molecule has 1 atom stereocenters. The van der Waals surface area contributed by atoms with Gasteiger partial charge in [-0.1, -0.05) is 6.07 Å². The van der Waals surface area contributed by atoms with E-state index in [1.807, 2.05) is 6.07 Å². The van der Waals surface area contributed by atoms with Gasteiger partial charge in [0.2, 0.25) is 5.88 Å². The van der Waals surface area contributed by atoms with E-state index in [2.05, 4.69) is 35.2 Å². The fourth-order valence-electron chi connectivity index (χ4n) is 3.65. The third kappa shape index (κ3) is 5.34. The summed E-state index contributed by atoms with van der Waals surface area (Å²) in [6, 6.07) is 4.02. The summed E-state index contributed by atoms with van der Waals surface area (Å²) in [5, 5.41) is 3.39. The van der Waals surface area contributed by atoms with E-state index in [-0.39, 0.29) is 0 Å². The smallest absolute Gasteiger partial charge is 0.218 e. The number of aliphatic imine (C=N–C) groups is 1. The number of ether oxygens (including phenoxy) is 2. The SMILES string of the molecule is CCNC(=NCc1cccnc1OC1CCCC1)N(C)CC1CCOC1. The summed E-state index contributed by atoms with van der Waals surface area (Å²) in [7, 11) is 2.10. The molecule has 6 heteroatoms. The van der Waals surface area contributed by atoms with Gasteiger partial charge in [-0.05, 0) is 45.1 Å². The fourth-order valence-corrected chi connectivity index (χ4v) is 3.65. The maximum Gasteiger partial charge on any atom is 0.218 e. The van der Waals surface area contributed by atoms with Gasteiger partial charge < -0.3 is 19.7 Å². The highest BCUT2D eigenvalue weighted by Gasteiger charge is 2.20. The molecule has 2 fully saturated rings. The Bertz CT molecular complexity index is 581. The molecule has 0 spiro atoms. The van der Waals surface area contributed by atoms with Crippen LogP contribution in [0.5, 0.6) is 5.88 Å². The van der Waals surface area contributed by atoms with Crippen LogP contribution in [-0.4, -0.2) is 55.3 Å². The Balaban J connectivity index is 1.64. The molecule has 3 rings (SSSR count). The highest BCUT2D eigenvalue weighted by atomic mass is 16.5. The number of guanidine groups is 1. The molecule has 0 amide bonds. The van der Waals surface area contributed by atoms with E-state index in [1.165, 1.54) is 12.8 Å². The average molecular weight is 361 g/mol. The van der Waals surface area contributed by atoms with E-state index in [0.29, 0.717) is 18.6 Å². The van der Waals surface area contributed by atoms with Gasteiger partial charge in [0, 0.05) is 44.4 Å². The minimum absolute atomic E-state index is 0.311. The largest absolute Gasteiger partial charge is 0.474 e. The van der Waals surface area contributed by atoms with Crippen molar-refractivity contribution in [2.45, 2.75) is 51.7 Å². The first-order valence-corrected chi connectivity index (χ1v) is 9.94. The number of nitrogens with zero attached hydrogens (tertiary/aromatic N) is 3. The van der Waals surface area contributed by atoms with Crippen molar-refractivity contribution in [2.75, 3.05) is 33.4 Å². The second-order valence-corrected chi connectivity index (χ2v) is 7.27. The Hall–Kier alpha value is -1.82. The summed E-state index contributed by atoms with van der Waals surface area (Å²) >= 11 is 0. The van der Waals surface area contributed by atoms with E-state index in [0.717, 1.165) is 63.0 Å². The molecule has 1 saturated heterocycles. The van der Waals surface area contributed by atoms with Crippen LogP contribution >= 0.6 is 0 Å². The summed E-state index contributed by atoms with van der Waals surface area (Å²) in [6.45, 7) is 6.22. The van der Waals surface area contributed by atoms with Crippen LogP contribution in [0.15, 0.2) is 23.3 Å². The van der Waals surface area contributed by atoms with Crippen LogP contribution in [0.2, 0.25) is 0 Å². The first kappa shape index (κ1) is 19.0. The van der Waals surface area contributed by atoms with Gasteiger partial charge in [-0.3, -0.25) is 0 Å². The Morgan fingerprint density at radius 2 is 2.23 bits per heavy atom. The van der Waals surface area contributed by atoms with Crippen molar-refractivity contribution >= 4 is 5.96 Å². The summed E-state index contributed by atoms with van der Waals surface area (Å²) in [5.74, 6) is 2.25. The molecule has 26 heavy (non-hydrogen) atoms. The fraction of sp³-hybridized carbons (Fsp3) is 0.700. The standard InChI is InChI=1S/C20H32N4O2/c1-3-21-20(24(2)14-16-10-12-25-15-16)23-13-17-7-6-11-22-19(17)26-18-8-4-5-9-18/h6-7,11,16,18H,3-5,8-10,12-15H2,1-2H3,(H,21,23). The van der Waals surface area contributed by atoms with E-state index in [4.69, 9.17) is 14.5 Å². The van der Waals surface area contributed by atoms with Crippen molar-refractivity contribution in [3.63, 3.8) is 0 Å². The maximum atomic E-state index is 6.14. The van der Waals surface area contributed by atoms with Gasteiger partial charge in [0.25, 0.3) is 0 Å². The van der Waals surface area contributed by atoms with Crippen molar-refractivity contribution in [3.05, 3.63) is 23.9 Å². The average Bonchev–Trinajstić information content (AvgIpc) is 3.34. The Kier molecular flexibility index (Phi) is 7.12. The molecule has 1 aliphatic heterocycles. The Morgan fingerprint density at radius 3 is 2.96 bits per heavy atom. The zero-order chi connectivity index (χ0) is 18.2. The van der Waals surface area contributed by atoms with Crippen LogP contribution in [0.3, 0.4) is 0 Å². The summed E-state index contributed by atoms with van der Waals surface area (Å²) < 4.78 is 11.6. The van der Waals surface area contributed by atoms with Crippen molar-refractivity contribution in [1.82, 2.24) is 15.2 Å². The van der Waals surface area contributed by atoms with Gasteiger partial charge in [-0.2, -0.15) is 0 Å². The third-order valence-electron chi connectivity index (χ3n) is 5.08. The van der Waals surface area contributed by atoms with Gasteiger partial charge >= 0.3 is 0 Å². The molecule has 1 unspecified atom stereocenters. The molecule has 1 aromatic rings. The summed E-state index contributed by atoms with van der Waals surface area (Å²) in [4.78, 5) is 11.5. The van der Waals surface area contributed by atoms with Crippen LogP contribution in [0.4, 0.5) is 0 Å². The molecule has 2 heterocycles. The van der Waals surface area contributed by atoms with Gasteiger partial charge in [-0.25, -0.2) is 9.98 Å². The predicted molar refractivity (Wildman–Crippen MR) is 103 cm³/mol. The van der Waals surface area contributed by atoms with E-state index >= 15 is 0 Å². The lowest BCUT2D eigenvalue weighted by Crippen LogP contribution is -2.41. The number of aromatic nitrogens is 1. The Labute approximate surface area is 157 Å². The highest BCUT2D eigenvalue weighted by molar-refractivity contribution is 5.79. The van der Waals surface area contributed by atoms with Crippen molar-refractivity contribution in [2.24, 2.45) is 10.9 Å². The first-order chi connectivity index (χ1) is 12.8. The molecule has 6 nitrogen and oxygen atoms in total. The molecule has 1 aliphatic carbocycles. The highest BCUT2D eigenvalue weighted by Crippen LogP contribution is 2.25. The maximum absolute atomic E-state index is 6.14. The van der Waals surface area contributed by atoms with Crippen molar-refractivity contribution in [1.29, 1.82) is 0 Å². The lowest BCUT2D eigenvalue weighted by Gasteiger charge is -2.24. The van der Waals surface area contributed by atoms with E-state index in [9.17, 15) is 0 Å². The molecular weight excluding hydrogens is 328 g/mol. The van der Waals surface area contributed by atoms with Gasteiger partial charge in [0.1, 0.15) is 6.10 Å². The third-order valence-corrected chi connectivity index (χ3v) is 5.08. The lowest BCUT2D eigenvalue weighted by molar-refractivity contribution is 0.181. The van der Waals surface area contributed by atoms with Crippen LogP contribution in [0.1, 0.15) is 44.6 Å². The monoisotopic (exact) mass is 360 g/mol. The van der Waals surface area contributed by atoms with Crippen molar-refractivity contribution in [3.8, 4) is 5.88 Å². The molecule has 144 valence electrons. The molecule has 2 aliphatic rings. The minimum Gasteiger partial charge on any atom is -0.474 e. The van der Waals surface area contributed by atoms with Gasteiger partial charge in [0.05, 0.1) is 13.2 Å². The van der Waals surface area contributed by atoms with Crippen LogP contribution in [0.25, 0.3) is 0 Å².